The van der Waals surface area contributed by atoms with Gasteiger partial charge in [-0.1, -0.05) is 0 Å². The fourth-order valence-electron chi connectivity index (χ4n) is 2.97. The lowest BCUT2D eigenvalue weighted by Crippen LogP contribution is -2.08. The summed E-state index contributed by atoms with van der Waals surface area (Å²) in [6.45, 7) is 1.84. The zero-order chi connectivity index (χ0) is 18.8. The number of aldehydes is 1. The van der Waals surface area contributed by atoms with Crippen molar-refractivity contribution in [2.75, 3.05) is 7.11 Å². The Bertz CT molecular complexity index is 997. The molecule has 0 radical (unpaired) electrons. The van der Waals surface area contributed by atoms with Crippen LogP contribution in [0.15, 0.2) is 35.6 Å². The molecule has 0 atom stereocenters. The van der Waals surface area contributed by atoms with Crippen LogP contribution in [0.5, 0.6) is 0 Å². The summed E-state index contributed by atoms with van der Waals surface area (Å²) in [5.41, 5.74) is 1.22. The number of nitrogens with zero attached hydrogens (tertiary/aromatic N) is 3. The standard InChI is InChI=1S/C19H15F2N3O2/c1-11-7-14(5-6-17(11)26-2)24-18(21)16(10-25)23-19(24)12-3-4-13(9-22)15(20)8-12/h3-4,7-8,10H,5-6H2,1-2H3. The highest BCUT2D eigenvalue weighted by atomic mass is 19.1. The van der Waals surface area contributed by atoms with E-state index >= 15 is 0 Å². The fourth-order valence-corrected chi connectivity index (χ4v) is 2.97. The van der Waals surface area contributed by atoms with E-state index in [1.807, 2.05) is 6.92 Å². The average Bonchev–Trinajstić information content (AvgIpc) is 2.98. The molecule has 7 heteroatoms. The van der Waals surface area contributed by atoms with Crippen molar-refractivity contribution in [2.24, 2.45) is 0 Å². The minimum absolute atomic E-state index is 0.105. The molecule has 0 N–H and O–H groups in total. The van der Waals surface area contributed by atoms with Crippen LogP contribution in [-0.2, 0) is 4.74 Å². The Kier molecular flexibility index (Phi) is 4.67. The van der Waals surface area contributed by atoms with Crippen molar-refractivity contribution in [3.8, 4) is 17.5 Å². The minimum atomic E-state index is -0.806. The molecule has 5 nitrogen and oxygen atoms in total. The molecule has 0 saturated heterocycles. The van der Waals surface area contributed by atoms with Crippen molar-refractivity contribution in [3.05, 3.63) is 58.6 Å². The van der Waals surface area contributed by atoms with Crippen LogP contribution in [0.2, 0.25) is 0 Å². The normalized spacial score (nSPS) is 14.0. The summed E-state index contributed by atoms with van der Waals surface area (Å²) < 4.78 is 35.2. The van der Waals surface area contributed by atoms with Gasteiger partial charge >= 0.3 is 0 Å². The van der Waals surface area contributed by atoms with Crippen LogP contribution >= 0.6 is 0 Å². The van der Waals surface area contributed by atoms with Gasteiger partial charge < -0.3 is 4.74 Å². The fraction of sp³-hybridized carbons (Fsp3) is 0.211. The van der Waals surface area contributed by atoms with Gasteiger partial charge in [-0.25, -0.2) is 9.37 Å². The molecule has 0 bridgehead atoms. The molecule has 1 aromatic carbocycles. The zero-order valence-corrected chi connectivity index (χ0v) is 14.2. The second-order valence-electron chi connectivity index (χ2n) is 5.82. The molecular weight excluding hydrogens is 340 g/mol. The summed E-state index contributed by atoms with van der Waals surface area (Å²) in [5.74, 6) is -0.633. The van der Waals surface area contributed by atoms with Gasteiger partial charge in [-0.05, 0) is 43.2 Å². The van der Waals surface area contributed by atoms with E-state index in [2.05, 4.69) is 4.98 Å². The maximum Gasteiger partial charge on any atom is 0.229 e. The van der Waals surface area contributed by atoms with E-state index < -0.39 is 11.8 Å². The highest BCUT2D eigenvalue weighted by molar-refractivity contribution is 5.76. The number of rotatable bonds is 4. The minimum Gasteiger partial charge on any atom is -0.501 e. The van der Waals surface area contributed by atoms with Crippen LogP contribution in [0, 0.1) is 23.1 Å². The van der Waals surface area contributed by atoms with Gasteiger partial charge in [0.15, 0.2) is 12.0 Å². The van der Waals surface area contributed by atoms with Crippen LogP contribution < -0.4 is 0 Å². The third-order valence-corrected chi connectivity index (χ3v) is 4.27. The quantitative estimate of drug-likeness (QED) is 0.776. The Morgan fingerprint density at radius 1 is 1.35 bits per heavy atom. The Morgan fingerprint density at radius 3 is 2.69 bits per heavy atom. The Balaban J connectivity index is 2.20. The largest absolute Gasteiger partial charge is 0.501 e. The van der Waals surface area contributed by atoms with E-state index in [1.165, 1.54) is 16.7 Å². The SMILES string of the molecule is COC1=C(C)C=C(n2c(-c3ccc(C#N)c(F)c3)nc(C=O)c2F)CC1. The number of ether oxygens (including phenoxy) is 1. The van der Waals surface area contributed by atoms with Crippen LogP contribution in [-0.4, -0.2) is 22.9 Å². The van der Waals surface area contributed by atoms with Gasteiger partial charge in [0.05, 0.1) is 18.4 Å². The molecule has 0 fully saturated rings. The number of methoxy groups -OCH3 is 1. The molecule has 0 aliphatic heterocycles. The third kappa shape index (κ3) is 2.90. The molecule has 3 rings (SSSR count). The van der Waals surface area contributed by atoms with Gasteiger partial charge in [0.1, 0.15) is 17.7 Å². The summed E-state index contributed by atoms with van der Waals surface area (Å²) in [7, 11) is 1.57. The van der Waals surface area contributed by atoms with E-state index in [0.717, 1.165) is 17.4 Å². The van der Waals surface area contributed by atoms with E-state index in [1.54, 1.807) is 19.3 Å². The molecule has 0 unspecified atom stereocenters. The van der Waals surface area contributed by atoms with Crippen molar-refractivity contribution in [1.29, 1.82) is 5.26 Å². The molecule has 132 valence electrons. The number of carbonyl (C=O) groups is 1. The predicted octanol–water partition coefficient (Wildman–Crippen LogP) is 4.07. The lowest BCUT2D eigenvalue weighted by Gasteiger charge is -2.19. The molecule has 1 aromatic heterocycles. The maximum atomic E-state index is 14.8. The summed E-state index contributed by atoms with van der Waals surface area (Å²) in [6.07, 6.45) is 3.12. The lowest BCUT2D eigenvalue weighted by atomic mass is 10.0. The highest BCUT2D eigenvalue weighted by Crippen LogP contribution is 2.33. The van der Waals surface area contributed by atoms with Gasteiger partial charge in [0.2, 0.25) is 5.95 Å². The van der Waals surface area contributed by atoms with E-state index in [-0.39, 0.29) is 22.6 Å². The highest BCUT2D eigenvalue weighted by Gasteiger charge is 2.23. The third-order valence-electron chi connectivity index (χ3n) is 4.27. The number of benzene rings is 1. The van der Waals surface area contributed by atoms with Gasteiger partial charge in [-0.15, -0.1) is 0 Å². The molecule has 0 amide bonds. The molecule has 0 spiro atoms. The Hall–Kier alpha value is -3.27. The second kappa shape index (κ2) is 6.92. The summed E-state index contributed by atoms with van der Waals surface area (Å²) >= 11 is 0. The Labute approximate surface area is 148 Å². The number of hydrogen-bond donors (Lipinski definition) is 0. The van der Waals surface area contributed by atoms with Gasteiger partial charge in [-0.2, -0.15) is 9.65 Å². The predicted molar refractivity (Wildman–Crippen MR) is 90.9 cm³/mol. The van der Waals surface area contributed by atoms with Crippen molar-refractivity contribution in [1.82, 2.24) is 9.55 Å². The van der Waals surface area contributed by atoms with Crippen LogP contribution in [0.25, 0.3) is 17.1 Å². The monoisotopic (exact) mass is 355 g/mol. The molecule has 1 aliphatic carbocycles. The number of imidazole rings is 1. The number of aromatic nitrogens is 2. The number of nitriles is 1. The van der Waals surface area contributed by atoms with Crippen molar-refractivity contribution in [2.45, 2.75) is 19.8 Å². The molecule has 1 aliphatic rings. The van der Waals surface area contributed by atoms with Crippen molar-refractivity contribution in [3.63, 3.8) is 0 Å². The molecule has 0 saturated carbocycles. The summed E-state index contributed by atoms with van der Waals surface area (Å²) in [4.78, 5) is 15.2. The first kappa shape index (κ1) is 17.5. The molecule has 26 heavy (non-hydrogen) atoms. The summed E-state index contributed by atoms with van der Waals surface area (Å²) in [6, 6.07) is 5.61. The maximum absolute atomic E-state index is 14.8. The lowest BCUT2D eigenvalue weighted by molar-refractivity contribution is 0.111. The number of carbonyl (C=O) groups excluding carboxylic acids is 1. The molecule has 2 aromatic rings. The molecule has 1 heterocycles. The van der Waals surface area contributed by atoms with Crippen LogP contribution in [0.1, 0.15) is 35.8 Å². The summed E-state index contributed by atoms with van der Waals surface area (Å²) in [5, 5.41) is 8.86. The van der Waals surface area contributed by atoms with Gasteiger partial charge in [-0.3, -0.25) is 9.36 Å². The van der Waals surface area contributed by atoms with E-state index in [9.17, 15) is 13.6 Å². The average molecular weight is 355 g/mol. The van der Waals surface area contributed by atoms with E-state index in [4.69, 9.17) is 10.00 Å². The first-order valence-corrected chi connectivity index (χ1v) is 7.88. The van der Waals surface area contributed by atoms with Gasteiger partial charge in [0.25, 0.3) is 0 Å². The van der Waals surface area contributed by atoms with Crippen LogP contribution in [0.4, 0.5) is 8.78 Å². The van der Waals surface area contributed by atoms with Gasteiger partial charge in [0, 0.05) is 17.7 Å². The number of hydrogen-bond acceptors (Lipinski definition) is 4. The van der Waals surface area contributed by atoms with Crippen LogP contribution in [0.3, 0.4) is 0 Å². The van der Waals surface area contributed by atoms with Crippen molar-refractivity contribution < 1.29 is 18.3 Å². The number of allylic oxidation sites excluding steroid dienone is 4. The van der Waals surface area contributed by atoms with Crippen molar-refractivity contribution >= 4 is 12.0 Å². The van der Waals surface area contributed by atoms with E-state index in [0.29, 0.717) is 24.8 Å². The first-order valence-electron chi connectivity index (χ1n) is 7.88. The smallest absolute Gasteiger partial charge is 0.229 e. The number of halogens is 2. The Morgan fingerprint density at radius 2 is 2.12 bits per heavy atom. The second-order valence-corrected chi connectivity index (χ2v) is 5.82. The first-order chi connectivity index (χ1) is 12.5. The zero-order valence-electron chi connectivity index (χ0n) is 14.2. The topological polar surface area (TPSA) is 67.9 Å². The molecular formula is C19H15F2N3O2.